The summed E-state index contributed by atoms with van der Waals surface area (Å²) in [5.41, 5.74) is 3.04. The van der Waals surface area contributed by atoms with Crippen LogP contribution < -0.4 is 0 Å². The average molecular weight is 399 g/mol. The van der Waals surface area contributed by atoms with E-state index in [0.717, 1.165) is 17.5 Å². The maximum Gasteiger partial charge on any atom is 0.280 e. The molecule has 6 nitrogen and oxygen atoms in total. The van der Waals surface area contributed by atoms with Crippen molar-refractivity contribution in [1.29, 1.82) is 0 Å². The quantitative estimate of drug-likeness (QED) is 0.669. The number of fused-ring (bicyclic) bond motifs is 1. The van der Waals surface area contributed by atoms with Crippen LogP contribution in [-0.2, 0) is 0 Å². The van der Waals surface area contributed by atoms with Crippen molar-refractivity contribution in [2.45, 2.75) is 39.5 Å². The number of aromatic nitrogens is 4. The van der Waals surface area contributed by atoms with Gasteiger partial charge < -0.3 is 4.90 Å². The molecular weight excluding hydrogens is 376 g/mol. The molecule has 0 unspecified atom stereocenters. The van der Waals surface area contributed by atoms with Crippen LogP contribution in [0.1, 0.15) is 58.6 Å². The standard InChI is InChI=1S/C21H23F2N5O/c1-12-6-13(2)8-15(7-12)20(29)27-5-4-14(3)16(10-27)18-9-17(19(22)23)26-21-24-11-25-28(18)21/h6-9,11,14,16,19H,4-5,10H2,1-3H3/t14-,16-/m1/s1. The zero-order valence-corrected chi connectivity index (χ0v) is 16.6. The number of alkyl halides is 2. The summed E-state index contributed by atoms with van der Waals surface area (Å²) < 4.78 is 28.2. The summed E-state index contributed by atoms with van der Waals surface area (Å²) in [6, 6.07) is 7.21. The molecule has 1 amide bonds. The molecule has 152 valence electrons. The summed E-state index contributed by atoms with van der Waals surface area (Å²) in [6.07, 6.45) is -0.598. The molecule has 1 saturated heterocycles. The van der Waals surface area contributed by atoms with Gasteiger partial charge in [0.1, 0.15) is 12.0 Å². The van der Waals surface area contributed by atoms with Gasteiger partial charge in [-0.3, -0.25) is 4.79 Å². The predicted molar refractivity (Wildman–Crippen MR) is 104 cm³/mol. The molecule has 3 aromatic rings. The van der Waals surface area contributed by atoms with E-state index in [2.05, 4.69) is 22.0 Å². The van der Waals surface area contributed by atoms with E-state index in [1.807, 2.05) is 36.9 Å². The van der Waals surface area contributed by atoms with E-state index in [4.69, 9.17) is 0 Å². The summed E-state index contributed by atoms with van der Waals surface area (Å²) >= 11 is 0. The molecule has 0 bridgehead atoms. The van der Waals surface area contributed by atoms with Gasteiger partial charge in [0.25, 0.3) is 18.1 Å². The van der Waals surface area contributed by atoms with Crippen molar-refractivity contribution >= 4 is 11.7 Å². The van der Waals surface area contributed by atoms with Gasteiger partial charge >= 0.3 is 0 Å². The Labute approximate surface area is 167 Å². The van der Waals surface area contributed by atoms with Crippen molar-refractivity contribution in [3.05, 3.63) is 58.7 Å². The van der Waals surface area contributed by atoms with Crippen molar-refractivity contribution < 1.29 is 13.6 Å². The molecule has 0 aliphatic carbocycles. The molecule has 8 heteroatoms. The lowest BCUT2D eigenvalue weighted by Gasteiger charge is -2.37. The van der Waals surface area contributed by atoms with Crippen LogP contribution in [-0.4, -0.2) is 43.5 Å². The number of hydrogen-bond acceptors (Lipinski definition) is 4. The number of piperidine rings is 1. The summed E-state index contributed by atoms with van der Waals surface area (Å²) in [7, 11) is 0. The van der Waals surface area contributed by atoms with Crippen molar-refractivity contribution in [1.82, 2.24) is 24.5 Å². The molecule has 4 rings (SSSR count). The van der Waals surface area contributed by atoms with Gasteiger partial charge in [-0.2, -0.15) is 10.1 Å². The number of halogens is 2. The smallest absolute Gasteiger partial charge is 0.280 e. The fourth-order valence-electron chi connectivity index (χ4n) is 4.15. The Bertz CT molecular complexity index is 1040. The van der Waals surface area contributed by atoms with Gasteiger partial charge in [-0.05, 0) is 44.4 Å². The molecule has 0 radical (unpaired) electrons. The van der Waals surface area contributed by atoms with E-state index in [1.54, 1.807) is 0 Å². The third-order valence-electron chi connectivity index (χ3n) is 5.62. The average Bonchev–Trinajstić information content (AvgIpc) is 3.15. The Hall–Kier alpha value is -2.90. The van der Waals surface area contributed by atoms with Crippen molar-refractivity contribution in [3.63, 3.8) is 0 Å². The number of amides is 1. The number of hydrogen-bond donors (Lipinski definition) is 0. The van der Waals surface area contributed by atoms with E-state index in [0.29, 0.717) is 24.3 Å². The maximum absolute atomic E-state index is 13.4. The van der Waals surface area contributed by atoms with Crippen LogP contribution in [0.3, 0.4) is 0 Å². The molecule has 1 aromatic carbocycles. The van der Waals surface area contributed by atoms with Gasteiger partial charge in [0.15, 0.2) is 0 Å². The van der Waals surface area contributed by atoms with E-state index in [1.165, 1.54) is 16.9 Å². The zero-order chi connectivity index (χ0) is 20.7. The minimum Gasteiger partial charge on any atom is -0.338 e. The first kappa shape index (κ1) is 19.4. The van der Waals surface area contributed by atoms with Gasteiger partial charge in [0.05, 0.1) is 5.69 Å². The molecule has 0 spiro atoms. The highest BCUT2D eigenvalue weighted by Crippen LogP contribution is 2.34. The molecule has 29 heavy (non-hydrogen) atoms. The van der Waals surface area contributed by atoms with Crippen LogP contribution in [0.15, 0.2) is 30.6 Å². The molecule has 0 saturated carbocycles. The minimum absolute atomic E-state index is 0.0355. The highest BCUT2D eigenvalue weighted by atomic mass is 19.3. The van der Waals surface area contributed by atoms with E-state index in [-0.39, 0.29) is 29.2 Å². The summed E-state index contributed by atoms with van der Waals surface area (Å²) in [4.78, 5) is 22.8. The largest absolute Gasteiger partial charge is 0.338 e. The first-order valence-electron chi connectivity index (χ1n) is 9.69. The highest BCUT2D eigenvalue weighted by molar-refractivity contribution is 5.94. The Morgan fingerprint density at radius 2 is 1.90 bits per heavy atom. The second kappa shape index (κ2) is 7.50. The van der Waals surface area contributed by atoms with Crippen molar-refractivity contribution in [3.8, 4) is 0 Å². The third-order valence-corrected chi connectivity index (χ3v) is 5.62. The maximum atomic E-state index is 13.4. The molecule has 1 aliphatic heterocycles. The molecular formula is C21H23F2N5O. The lowest BCUT2D eigenvalue weighted by Crippen LogP contribution is -2.42. The topological polar surface area (TPSA) is 63.4 Å². The monoisotopic (exact) mass is 399 g/mol. The number of carbonyl (C=O) groups is 1. The van der Waals surface area contributed by atoms with Crippen LogP contribution in [0.4, 0.5) is 8.78 Å². The molecule has 3 heterocycles. The Kier molecular flexibility index (Phi) is 5.02. The van der Waals surface area contributed by atoms with Crippen LogP contribution in [0, 0.1) is 19.8 Å². The number of rotatable bonds is 3. The van der Waals surface area contributed by atoms with Crippen molar-refractivity contribution in [2.24, 2.45) is 5.92 Å². The highest BCUT2D eigenvalue weighted by Gasteiger charge is 2.33. The van der Waals surface area contributed by atoms with E-state index < -0.39 is 6.43 Å². The number of benzene rings is 1. The number of carbonyl (C=O) groups excluding carboxylic acids is 1. The Morgan fingerprint density at radius 3 is 2.59 bits per heavy atom. The lowest BCUT2D eigenvalue weighted by atomic mass is 9.84. The number of likely N-dealkylation sites (tertiary alicyclic amines) is 1. The van der Waals surface area contributed by atoms with Gasteiger partial charge in [-0.25, -0.2) is 18.3 Å². The van der Waals surface area contributed by atoms with E-state index >= 15 is 0 Å². The van der Waals surface area contributed by atoms with E-state index in [9.17, 15) is 13.6 Å². The number of aryl methyl sites for hydroxylation is 2. The van der Waals surface area contributed by atoms with Crippen molar-refractivity contribution in [2.75, 3.05) is 13.1 Å². The Balaban J connectivity index is 1.69. The summed E-state index contributed by atoms with van der Waals surface area (Å²) in [5.74, 6) is 0.191. The minimum atomic E-state index is -2.69. The first-order valence-corrected chi connectivity index (χ1v) is 9.69. The molecule has 2 aromatic heterocycles. The molecule has 1 aliphatic rings. The second-order valence-electron chi connectivity index (χ2n) is 7.88. The summed E-state index contributed by atoms with van der Waals surface area (Å²) in [5, 5.41) is 4.17. The first-order chi connectivity index (χ1) is 13.8. The lowest BCUT2D eigenvalue weighted by molar-refractivity contribution is 0.0665. The third kappa shape index (κ3) is 3.71. The zero-order valence-electron chi connectivity index (χ0n) is 16.6. The van der Waals surface area contributed by atoms with Crippen LogP contribution >= 0.6 is 0 Å². The normalized spacial score (nSPS) is 19.9. The fraction of sp³-hybridized carbons (Fsp3) is 0.429. The van der Waals surface area contributed by atoms with Gasteiger partial charge in [0.2, 0.25) is 0 Å². The van der Waals surface area contributed by atoms with Gasteiger partial charge in [0, 0.05) is 24.6 Å². The van der Waals surface area contributed by atoms with Gasteiger partial charge in [-0.1, -0.05) is 24.1 Å². The molecule has 0 N–H and O–H groups in total. The van der Waals surface area contributed by atoms with Crippen LogP contribution in [0.2, 0.25) is 0 Å². The second-order valence-corrected chi connectivity index (χ2v) is 7.88. The fourth-order valence-corrected chi connectivity index (χ4v) is 4.15. The predicted octanol–water partition coefficient (Wildman–Crippen LogP) is 3.94. The Morgan fingerprint density at radius 1 is 1.17 bits per heavy atom. The van der Waals surface area contributed by atoms with Gasteiger partial charge in [-0.15, -0.1) is 0 Å². The molecule has 1 fully saturated rings. The number of nitrogens with zero attached hydrogens (tertiary/aromatic N) is 5. The van der Waals surface area contributed by atoms with Crippen LogP contribution in [0.5, 0.6) is 0 Å². The van der Waals surface area contributed by atoms with Crippen LogP contribution in [0.25, 0.3) is 5.78 Å². The molecule has 2 atom stereocenters. The summed E-state index contributed by atoms with van der Waals surface area (Å²) in [6.45, 7) is 7.09. The SMILES string of the molecule is Cc1cc(C)cc(C(=O)N2CC[C@@H](C)[C@H](c3cc(C(F)F)nc4ncnn34)C2)c1.